The summed E-state index contributed by atoms with van der Waals surface area (Å²) in [5, 5.41) is -0.345. The van der Waals surface area contributed by atoms with Gasteiger partial charge in [-0.15, -0.1) is 11.8 Å². The lowest BCUT2D eigenvalue weighted by molar-refractivity contribution is -0.137. The molecule has 214 valence electrons. The van der Waals surface area contributed by atoms with Crippen LogP contribution in [0, 0.1) is 0 Å². The summed E-state index contributed by atoms with van der Waals surface area (Å²) in [6.45, 7) is 3.16. The molecule has 5 nitrogen and oxygen atoms in total. The average Bonchev–Trinajstić information content (AvgIpc) is 3.41. The van der Waals surface area contributed by atoms with Gasteiger partial charge in [0.2, 0.25) is 0 Å². The lowest BCUT2D eigenvalue weighted by Gasteiger charge is -2.15. The number of carbonyl (C=O) groups is 1. The Kier molecular flexibility index (Phi) is 10.1. The molecule has 1 fully saturated rings. The highest BCUT2D eigenvalue weighted by molar-refractivity contribution is 7.98. The molecule has 4 rings (SSSR count). The lowest BCUT2D eigenvalue weighted by Crippen LogP contribution is -2.21. The molecule has 1 N–H and O–H groups in total. The van der Waals surface area contributed by atoms with Gasteiger partial charge in [0, 0.05) is 27.7 Å². The minimum Gasteiger partial charge on any atom is -0.303 e. The number of alkyl halides is 3. The molecule has 0 aliphatic carbocycles. The Bertz CT molecular complexity index is 1460. The van der Waals surface area contributed by atoms with Crippen molar-refractivity contribution in [3.05, 3.63) is 87.4 Å². The minimum atomic E-state index is -4.81. The summed E-state index contributed by atoms with van der Waals surface area (Å²) in [7, 11) is -4.38. The zero-order chi connectivity index (χ0) is 28.9. The number of hydrogen-bond donors (Lipinski definition) is 1. The number of sulfonamides is 1. The number of ketones is 1. The highest BCUT2D eigenvalue weighted by Gasteiger charge is 2.34. The summed E-state index contributed by atoms with van der Waals surface area (Å²) in [5.41, 5.74) is 0.447. The van der Waals surface area contributed by atoms with Gasteiger partial charge in [0.15, 0.2) is 5.78 Å². The van der Waals surface area contributed by atoms with Crippen molar-refractivity contribution in [3.8, 4) is 0 Å². The fourth-order valence-electron chi connectivity index (χ4n) is 4.36. The average molecular weight is 632 g/mol. The molecular formula is C28H27Cl2F3N2O3S2. The highest BCUT2D eigenvalue weighted by atomic mass is 35.5. The van der Waals surface area contributed by atoms with Crippen LogP contribution in [0.25, 0.3) is 0 Å². The Morgan fingerprint density at radius 1 is 0.975 bits per heavy atom. The molecule has 0 saturated carbocycles. The van der Waals surface area contributed by atoms with E-state index in [1.807, 2.05) is 12.1 Å². The standard InChI is InChI=1S/C28H27Cl2F3N2O3S2/c29-21-9-12-27(25(16-21)34-40(37,38)22-10-11-24(30)23(17-22)28(31,32)33)39-18-19-5-7-20(8-6-19)26(36)4-3-15-35-13-1-2-14-35/h5-12,16-17,34H,1-4,13-15,18H2. The third-order valence-electron chi connectivity index (χ3n) is 6.49. The van der Waals surface area contributed by atoms with Gasteiger partial charge in [0.05, 0.1) is 21.2 Å². The van der Waals surface area contributed by atoms with Gasteiger partial charge in [-0.05, 0) is 80.9 Å². The Hall–Kier alpha value is -2.24. The molecule has 0 aromatic heterocycles. The molecule has 0 bridgehead atoms. The number of rotatable bonds is 11. The van der Waals surface area contributed by atoms with Crippen LogP contribution in [0.2, 0.25) is 10.0 Å². The number of halogens is 5. The number of thioether (sulfide) groups is 1. The first-order chi connectivity index (χ1) is 18.9. The predicted molar refractivity (Wildman–Crippen MR) is 154 cm³/mol. The fourth-order valence-corrected chi connectivity index (χ4v) is 6.86. The quantitative estimate of drug-likeness (QED) is 0.171. The topological polar surface area (TPSA) is 66.5 Å². The molecule has 40 heavy (non-hydrogen) atoms. The number of hydrogen-bond acceptors (Lipinski definition) is 5. The Morgan fingerprint density at radius 3 is 2.35 bits per heavy atom. The first-order valence-corrected chi connectivity index (χ1v) is 15.8. The number of anilines is 1. The van der Waals surface area contributed by atoms with Gasteiger partial charge in [0.25, 0.3) is 10.0 Å². The summed E-state index contributed by atoms with van der Waals surface area (Å²) in [5.74, 6) is 0.558. The van der Waals surface area contributed by atoms with Crippen LogP contribution in [0.15, 0.2) is 70.5 Å². The number of likely N-dealkylation sites (tertiary alicyclic amines) is 1. The van der Waals surface area contributed by atoms with Crippen LogP contribution in [0.4, 0.5) is 18.9 Å². The number of carbonyl (C=O) groups excluding carboxylic acids is 1. The van der Waals surface area contributed by atoms with Crippen molar-refractivity contribution in [2.24, 2.45) is 0 Å². The van der Waals surface area contributed by atoms with E-state index < -0.39 is 31.7 Å². The summed E-state index contributed by atoms with van der Waals surface area (Å²) in [6.07, 6.45) is -1.03. The van der Waals surface area contributed by atoms with Gasteiger partial charge < -0.3 is 4.90 Å². The maximum atomic E-state index is 13.3. The molecule has 1 aliphatic rings. The largest absolute Gasteiger partial charge is 0.417 e. The number of benzene rings is 3. The van der Waals surface area contributed by atoms with E-state index in [1.165, 1.54) is 30.7 Å². The molecule has 3 aromatic rings. The van der Waals surface area contributed by atoms with Gasteiger partial charge in [0.1, 0.15) is 0 Å². The second-order valence-electron chi connectivity index (χ2n) is 9.45. The van der Waals surface area contributed by atoms with Crippen LogP contribution in [0.5, 0.6) is 0 Å². The molecule has 3 aromatic carbocycles. The van der Waals surface area contributed by atoms with Crippen LogP contribution >= 0.6 is 35.0 Å². The van der Waals surface area contributed by atoms with Gasteiger partial charge in [-0.25, -0.2) is 8.42 Å². The van der Waals surface area contributed by atoms with Crippen molar-refractivity contribution in [2.45, 2.75) is 47.4 Å². The van der Waals surface area contributed by atoms with Crippen LogP contribution in [0.3, 0.4) is 0 Å². The maximum Gasteiger partial charge on any atom is 0.417 e. The normalized spacial score (nSPS) is 14.4. The highest BCUT2D eigenvalue weighted by Crippen LogP contribution is 2.37. The molecule has 1 saturated heterocycles. The van der Waals surface area contributed by atoms with Crippen molar-refractivity contribution < 1.29 is 26.4 Å². The van der Waals surface area contributed by atoms with E-state index >= 15 is 0 Å². The van der Waals surface area contributed by atoms with E-state index in [1.54, 1.807) is 24.3 Å². The van der Waals surface area contributed by atoms with Crippen LogP contribution in [-0.4, -0.2) is 38.7 Å². The first kappa shape index (κ1) is 30.7. The monoisotopic (exact) mass is 630 g/mol. The molecule has 1 heterocycles. The molecule has 0 amide bonds. The molecule has 0 unspecified atom stereocenters. The second-order valence-corrected chi connectivity index (χ2v) is 13.0. The van der Waals surface area contributed by atoms with Gasteiger partial charge in [-0.2, -0.15) is 13.2 Å². The molecule has 12 heteroatoms. The van der Waals surface area contributed by atoms with Crippen LogP contribution < -0.4 is 4.72 Å². The van der Waals surface area contributed by atoms with Crippen molar-refractivity contribution in [1.29, 1.82) is 0 Å². The molecule has 0 radical (unpaired) electrons. The van der Waals surface area contributed by atoms with Crippen molar-refractivity contribution >= 4 is 56.5 Å². The SMILES string of the molecule is O=C(CCCN1CCCC1)c1ccc(CSc2ccc(Cl)cc2NS(=O)(=O)c2ccc(Cl)c(C(F)(F)F)c2)cc1. The summed E-state index contributed by atoms with van der Waals surface area (Å²) in [4.78, 5) is 14.9. The van der Waals surface area contributed by atoms with Crippen LogP contribution in [0.1, 0.15) is 47.2 Å². The number of Topliss-reactive ketones (excluding diaryl/α,β-unsaturated/α-hetero) is 1. The smallest absolute Gasteiger partial charge is 0.303 e. The van der Waals surface area contributed by atoms with Gasteiger partial charge in [-0.3, -0.25) is 9.52 Å². The lowest BCUT2D eigenvalue weighted by atomic mass is 10.1. The Balaban J connectivity index is 1.41. The van der Waals surface area contributed by atoms with Crippen molar-refractivity contribution in [2.75, 3.05) is 24.4 Å². The maximum absolute atomic E-state index is 13.3. The van der Waals surface area contributed by atoms with Gasteiger partial charge >= 0.3 is 6.18 Å². The van der Waals surface area contributed by atoms with E-state index in [4.69, 9.17) is 23.2 Å². The zero-order valence-electron chi connectivity index (χ0n) is 21.3. The van der Waals surface area contributed by atoms with Crippen molar-refractivity contribution in [1.82, 2.24) is 4.90 Å². The zero-order valence-corrected chi connectivity index (χ0v) is 24.5. The number of nitrogens with zero attached hydrogens (tertiary/aromatic N) is 1. The molecular weight excluding hydrogens is 604 g/mol. The van der Waals surface area contributed by atoms with Gasteiger partial charge in [-0.1, -0.05) is 47.5 Å². The molecule has 0 spiro atoms. The minimum absolute atomic E-state index is 0.101. The van der Waals surface area contributed by atoms with E-state index in [2.05, 4.69) is 9.62 Å². The van der Waals surface area contributed by atoms with Crippen molar-refractivity contribution in [3.63, 3.8) is 0 Å². The number of nitrogens with one attached hydrogen (secondary N) is 1. The van der Waals surface area contributed by atoms with E-state index in [-0.39, 0.29) is 16.5 Å². The van der Waals surface area contributed by atoms with E-state index in [9.17, 15) is 26.4 Å². The Labute approximate surface area is 246 Å². The summed E-state index contributed by atoms with van der Waals surface area (Å²) < 4.78 is 68.1. The molecule has 1 aliphatic heterocycles. The fraction of sp³-hybridized carbons (Fsp3) is 0.321. The third kappa shape index (κ3) is 8.16. The summed E-state index contributed by atoms with van der Waals surface area (Å²) in [6, 6.07) is 14.3. The predicted octanol–water partition coefficient (Wildman–Crippen LogP) is 8.16. The first-order valence-electron chi connectivity index (χ1n) is 12.6. The van der Waals surface area contributed by atoms with E-state index in [0.29, 0.717) is 28.7 Å². The second kappa shape index (κ2) is 13.2. The third-order valence-corrected chi connectivity index (χ3v) is 9.56. The summed E-state index contributed by atoms with van der Waals surface area (Å²) >= 11 is 13.0. The molecule has 0 atom stereocenters. The van der Waals surface area contributed by atoms with E-state index in [0.717, 1.165) is 43.8 Å². The Morgan fingerprint density at radius 2 is 1.68 bits per heavy atom. The van der Waals surface area contributed by atoms with Crippen LogP contribution in [-0.2, 0) is 22.0 Å².